The Labute approximate surface area is 153 Å². The molecule has 0 fully saturated rings. The summed E-state index contributed by atoms with van der Waals surface area (Å²) in [4.78, 5) is 2.42. The fourth-order valence-electron chi connectivity index (χ4n) is 2.35. The monoisotopic (exact) mass is 357 g/mol. The van der Waals surface area contributed by atoms with Crippen molar-refractivity contribution in [3.05, 3.63) is 48.5 Å². The molecule has 24 heavy (non-hydrogen) atoms. The third-order valence-electron chi connectivity index (χ3n) is 3.41. The molecule has 1 aromatic heterocycles. The second kappa shape index (κ2) is 7.13. The van der Waals surface area contributed by atoms with Gasteiger partial charge in [-0.2, -0.15) is 0 Å². The van der Waals surface area contributed by atoms with Gasteiger partial charge in [-0.3, -0.25) is 4.21 Å². The van der Waals surface area contributed by atoms with Crippen LogP contribution in [0.2, 0.25) is 0 Å². The Balaban J connectivity index is 0.00000208. The Hall–Kier alpha value is -1.56. The number of sulfone groups is 1. The summed E-state index contributed by atoms with van der Waals surface area (Å²) in [6, 6.07) is 12.4. The van der Waals surface area contributed by atoms with Crippen molar-refractivity contribution in [2.75, 3.05) is 7.11 Å². The summed E-state index contributed by atoms with van der Waals surface area (Å²) in [7, 11) is -2.51. The van der Waals surface area contributed by atoms with Gasteiger partial charge in [-0.05, 0) is 35.3 Å². The second-order valence-corrected chi connectivity index (χ2v) is 7.51. The zero-order chi connectivity index (χ0) is 16.6. The van der Waals surface area contributed by atoms with Gasteiger partial charge < -0.3 is 14.3 Å². The van der Waals surface area contributed by atoms with E-state index in [4.69, 9.17) is 4.74 Å². The van der Waals surface area contributed by atoms with E-state index in [1.165, 1.54) is 25.3 Å². The predicted molar refractivity (Wildman–Crippen MR) is 83.9 cm³/mol. The molecule has 0 aliphatic rings. The number of nitrogens with one attached hydrogen (secondary N) is 1. The molecule has 1 unspecified atom stereocenters. The van der Waals surface area contributed by atoms with Gasteiger partial charge in [0, 0.05) is 11.5 Å². The average molecular weight is 357 g/mol. The number of rotatable bonds is 4. The quantitative estimate of drug-likeness (QED) is 0.489. The van der Waals surface area contributed by atoms with E-state index in [0.29, 0.717) is 16.7 Å². The summed E-state index contributed by atoms with van der Waals surface area (Å²) >= 11 is -2.73. The van der Waals surface area contributed by atoms with Gasteiger partial charge in [0.25, 0.3) is 0 Å². The molecule has 0 bridgehead atoms. The third kappa shape index (κ3) is 3.16. The van der Waals surface area contributed by atoms with Crippen LogP contribution in [-0.2, 0) is 20.9 Å². The molecule has 3 rings (SSSR count). The van der Waals surface area contributed by atoms with E-state index in [0.717, 1.165) is 0 Å². The molecule has 1 N–H and O–H groups in total. The SMILES string of the molecule is COc1ccc2c(S(=O)(=O)c3ccccc3)c(S(=O)[O-])[nH]c2c1.[Li+]. The van der Waals surface area contributed by atoms with Crippen molar-refractivity contribution >= 4 is 31.8 Å². The topological polar surface area (TPSA) is 99.3 Å². The van der Waals surface area contributed by atoms with E-state index in [9.17, 15) is 17.2 Å². The summed E-state index contributed by atoms with van der Waals surface area (Å²) < 4.78 is 53.8. The molecule has 120 valence electrons. The van der Waals surface area contributed by atoms with Gasteiger partial charge in [0.05, 0.1) is 17.5 Å². The van der Waals surface area contributed by atoms with Gasteiger partial charge in [-0.15, -0.1) is 0 Å². The van der Waals surface area contributed by atoms with E-state index in [2.05, 4.69) is 4.98 Å². The number of aromatic nitrogens is 1. The van der Waals surface area contributed by atoms with E-state index in [1.807, 2.05) is 0 Å². The number of hydrogen-bond donors (Lipinski definition) is 1. The number of benzene rings is 2. The van der Waals surface area contributed by atoms with Gasteiger partial charge in [-0.1, -0.05) is 18.2 Å². The van der Waals surface area contributed by atoms with Crippen LogP contribution < -0.4 is 23.6 Å². The molecule has 2 aromatic carbocycles. The number of H-pyrrole nitrogens is 1. The smallest absolute Gasteiger partial charge is 0.767 e. The van der Waals surface area contributed by atoms with Crippen LogP contribution in [-0.4, -0.2) is 29.3 Å². The predicted octanol–water partition coefficient (Wildman–Crippen LogP) is -0.749. The Kier molecular flexibility index (Phi) is 5.58. The standard InChI is InChI=1S/C15H13NO5S2.Li/c1-21-10-7-8-12-13(9-10)16-15(22(17)18)14(12)23(19,20)11-5-3-2-4-6-11;/h2-9,16H,1H3,(H,17,18);/q;+1/p-1. The Morgan fingerprint density at radius 3 is 2.38 bits per heavy atom. The number of hydrogen-bond acceptors (Lipinski definition) is 5. The van der Waals surface area contributed by atoms with Gasteiger partial charge in [-0.25, -0.2) is 8.42 Å². The van der Waals surface area contributed by atoms with Crippen LogP contribution in [0.4, 0.5) is 0 Å². The van der Waals surface area contributed by atoms with Gasteiger partial charge in [0.15, 0.2) is 0 Å². The van der Waals surface area contributed by atoms with Crippen molar-refractivity contribution in [2.24, 2.45) is 0 Å². The molecule has 0 saturated carbocycles. The second-order valence-electron chi connectivity index (χ2n) is 4.75. The van der Waals surface area contributed by atoms with E-state index >= 15 is 0 Å². The third-order valence-corrected chi connectivity index (χ3v) is 6.04. The van der Waals surface area contributed by atoms with Gasteiger partial charge in [0.2, 0.25) is 9.84 Å². The Morgan fingerprint density at radius 2 is 1.79 bits per heavy atom. The van der Waals surface area contributed by atoms with Gasteiger partial charge in [0.1, 0.15) is 15.7 Å². The van der Waals surface area contributed by atoms with Crippen LogP contribution in [0.25, 0.3) is 10.9 Å². The molecular formula is C15H12LiNO5S2. The van der Waals surface area contributed by atoms with Crippen molar-refractivity contribution in [3.8, 4) is 5.75 Å². The van der Waals surface area contributed by atoms with Crippen molar-refractivity contribution in [1.29, 1.82) is 0 Å². The first-order valence-corrected chi connectivity index (χ1v) is 9.10. The van der Waals surface area contributed by atoms with Crippen molar-refractivity contribution in [2.45, 2.75) is 14.8 Å². The average Bonchev–Trinajstić information content (AvgIpc) is 2.95. The van der Waals surface area contributed by atoms with Crippen molar-refractivity contribution in [1.82, 2.24) is 4.98 Å². The normalized spacial score (nSPS) is 12.6. The van der Waals surface area contributed by atoms with Crippen molar-refractivity contribution < 1.29 is 40.8 Å². The maximum Gasteiger partial charge on any atom is 1.00 e. The van der Waals surface area contributed by atoms with Crippen LogP contribution >= 0.6 is 0 Å². The largest absolute Gasteiger partial charge is 1.00 e. The molecule has 1 atom stereocenters. The first-order valence-electron chi connectivity index (χ1n) is 6.54. The molecule has 0 radical (unpaired) electrons. The zero-order valence-electron chi connectivity index (χ0n) is 13.0. The summed E-state index contributed by atoms with van der Waals surface area (Å²) in [6.45, 7) is 0. The Bertz CT molecular complexity index is 999. The fraction of sp³-hybridized carbons (Fsp3) is 0.0667. The molecule has 0 amide bonds. The fourth-order valence-corrected chi connectivity index (χ4v) is 4.86. The van der Waals surface area contributed by atoms with Crippen LogP contribution in [0, 0.1) is 0 Å². The van der Waals surface area contributed by atoms with E-state index < -0.39 is 20.9 Å². The molecule has 0 aliphatic carbocycles. The number of ether oxygens (including phenoxy) is 1. The molecule has 0 saturated heterocycles. The Morgan fingerprint density at radius 1 is 1.12 bits per heavy atom. The zero-order valence-corrected chi connectivity index (χ0v) is 14.6. The summed E-state index contributed by atoms with van der Waals surface area (Å²) in [5, 5.41) is -0.0639. The summed E-state index contributed by atoms with van der Waals surface area (Å²) in [5.74, 6) is 0.491. The molecule has 6 nitrogen and oxygen atoms in total. The number of aromatic amines is 1. The van der Waals surface area contributed by atoms with Crippen molar-refractivity contribution in [3.63, 3.8) is 0 Å². The maximum atomic E-state index is 12.9. The minimum absolute atomic E-state index is 0. The molecule has 1 heterocycles. The first kappa shape index (κ1) is 18.8. The minimum atomic E-state index is -3.98. The van der Waals surface area contributed by atoms with Crippen LogP contribution in [0.5, 0.6) is 5.75 Å². The molecule has 3 aromatic rings. The molecule has 9 heteroatoms. The summed E-state index contributed by atoms with van der Waals surface area (Å²) in [5.41, 5.74) is 0.373. The van der Waals surface area contributed by atoms with Crippen LogP contribution in [0.3, 0.4) is 0 Å². The first-order chi connectivity index (χ1) is 10.9. The number of fused-ring (bicyclic) bond motifs is 1. The van der Waals surface area contributed by atoms with Crippen LogP contribution in [0.15, 0.2) is 63.3 Å². The summed E-state index contributed by atoms with van der Waals surface area (Å²) in [6.07, 6.45) is 0. The molecular weight excluding hydrogens is 345 g/mol. The van der Waals surface area contributed by atoms with Gasteiger partial charge >= 0.3 is 18.9 Å². The number of methoxy groups -OCH3 is 1. The maximum absolute atomic E-state index is 12.9. The van der Waals surface area contributed by atoms with E-state index in [1.54, 1.807) is 30.3 Å². The molecule has 0 spiro atoms. The van der Waals surface area contributed by atoms with E-state index in [-0.39, 0.29) is 33.7 Å². The minimum Gasteiger partial charge on any atom is -0.767 e. The molecule has 0 aliphatic heterocycles. The van der Waals surface area contributed by atoms with Crippen LogP contribution in [0.1, 0.15) is 0 Å².